The van der Waals surface area contributed by atoms with Crippen molar-refractivity contribution in [1.82, 2.24) is 9.97 Å². The average Bonchev–Trinajstić information content (AvgIpc) is 3.31. The van der Waals surface area contributed by atoms with Gasteiger partial charge in [-0.05, 0) is 74.8 Å². The predicted molar refractivity (Wildman–Crippen MR) is 180 cm³/mol. The van der Waals surface area contributed by atoms with Crippen molar-refractivity contribution >= 4 is 0 Å². The Balaban J connectivity index is 0.999. The molecule has 0 atom stereocenters. The van der Waals surface area contributed by atoms with Crippen LogP contribution in [0.2, 0.25) is 0 Å². The van der Waals surface area contributed by atoms with Crippen LogP contribution in [0.3, 0.4) is 0 Å². The molecule has 0 amide bonds. The molecule has 4 heteroatoms. The van der Waals surface area contributed by atoms with Crippen molar-refractivity contribution < 1.29 is 9.13 Å². The van der Waals surface area contributed by atoms with Gasteiger partial charge in [-0.25, -0.2) is 0 Å². The SMILES string of the molecule is c1ccc(-c2cc(-c3ccc(-c4ccc(-c5ccc(-c6cc[n+]7c(c6)-c6cccc[n+]6CCC7)cc5)cc4)cc3)ccn2)nc1. The van der Waals surface area contributed by atoms with Gasteiger partial charge < -0.3 is 0 Å². The van der Waals surface area contributed by atoms with Crippen LogP contribution in [0.4, 0.5) is 0 Å². The van der Waals surface area contributed by atoms with Crippen molar-refractivity contribution in [3.63, 3.8) is 0 Å². The number of hydrogen-bond acceptors (Lipinski definition) is 2. The van der Waals surface area contributed by atoms with E-state index in [1.54, 1.807) is 6.20 Å². The fourth-order valence-corrected chi connectivity index (χ4v) is 6.27. The lowest BCUT2D eigenvalue weighted by Gasteiger charge is -2.09. The molecule has 4 aromatic heterocycles. The van der Waals surface area contributed by atoms with Gasteiger partial charge in [0.1, 0.15) is 0 Å². The van der Waals surface area contributed by atoms with E-state index in [4.69, 9.17) is 0 Å². The third-order valence-electron chi connectivity index (χ3n) is 8.71. The molecule has 0 saturated carbocycles. The standard InChI is InChI=1S/C41H32N4/c1-3-22-42-38(6-1)39-28-36(20-23-43-39)34-16-12-32(13-17-34)30-8-10-31(11-9-30)33-14-18-35(19-15-33)37-21-27-45-26-5-25-44-24-4-2-7-40(44)41(45)29-37/h1-4,6-24,27-29H,5,25-26H2/q+2. The molecule has 8 rings (SSSR count). The van der Waals surface area contributed by atoms with Crippen LogP contribution in [0.25, 0.3) is 67.3 Å². The summed E-state index contributed by atoms with van der Waals surface area (Å²) in [7, 11) is 0. The van der Waals surface area contributed by atoms with E-state index in [1.807, 2.05) is 30.5 Å². The molecule has 4 nitrogen and oxygen atoms in total. The first-order valence-electron chi connectivity index (χ1n) is 15.5. The number of nitrogens with zero attached hydrogens (tertiary/aromatic N) is 4. The van der Waals surface area contributed by atoms with Crippen molar-refractivity contribution in [2.75, 3.05) is 0 Å². The van der Waals surface area contributed by atoms with Gasteiger partial charge in [-0.1, -0.05) is 78.9 Å². The summed E-state index contributed by atoms with van der Waals surface area (Å²) in [6, 6.07) is 47.6. The van der Waals surface area contributed by atoms with Gasteiger partial charge in [0.25, 0.3) is 11.4 Å². The van der Waals surface area contributed by atoms with E-state index in [9.17, 15) is 0 Å². The number of hydrogen-bond donors (Lipinski definition) is 0. The van der Waals surface area contributed by atoms with Gasteiger partial charge in [-0.3, -0.25) is 9.97 Å². The minimum absolute atomic E-state index is 0.878. The van der Waals surface area contributed by atoms with Gasteiger partial charge in [-0.2, -0.15) is 9.13 Å². The summed E-state index contributed by atoms with van der Waals surface area (Å²) < 4.78 is 4.74. The maximum atomic E-state index is 4.52. The minimum atomic E-state index is 0.878. The monoisotopic (exact) mass is 580 g/mol. The first-order valence-corrected chi connectivity index (χ1v) is 15.5. The second kappa shape index (κ2) is 11.7. The fourth-order valence-electron chi connectivity index (χ4n) is 6.27. The second-order valence-electron chi connectivity index (χ2n) is 11.5. The highest BCUT2D eigenvalue weighted by atomic mass is 15.1. The Bertz CT molecular complexity index is 2100. The molecule has 0 fully saturated rings. The highest BCUT2D eigenvalue weighted by Gasteiger charge is 2.26. The van der Waals surface area contributed by atoms with Crippen LogP contribution in [0.1, 0.15) is 6.42 Å². The maximum Gasteiger partial charge on any atom is 0.277 e. The van der Waals surface area contributed by atoms with Crippen molar-refractivity contribution in [2.24, 2.45) is 0 Å². The van der Waals surface area contributed by atoms with E-state index < -0.39 is 0 Å². The number of fused-ring (bicyclic) bond motifs is 3. The molecule has 0 aliphatic carbocycles. The van der Waals surface area contributed by atoms with Gasteiger partial charge in [0, 0.05) is 36.7 Å². The quantitative estimate of drug-likeness (QED) is 0.191. The van der Waals surface area contributed by atoms with Crippen LogP contribution >= 0.6 is 0 Å². The van der Waals surface area contributed by atoms with Crippen LogP contribution in [0, 0.1) is 0 Å². The molecule has 0 saturated heterocycles. The number of rotatable bonds is 5. The highest BCUT2D eigenvalue weighted by Crippen LogP contribution is 2.30. The first kappa shape index (κ1) is 26.9. The summed E-state index contributed by atoms with van der Waals surface area (Å²) >= 11 is 0. The lowest BCUT2D eigenvalue weighted by molar-refractivity contribution is -0.687. The van der Waals surface area contributed by atoms with Crippen LogP contribution in [0.5, 0.6) is 0 Å². The molecule has 45 heavy (non-hydrogen) atoms. The number of benzene rings is 3. The van der Waals surface area contributed by atoms with E-state index in [-0.39, 0.29) is 0 Å². The Morgan fingerprint density at radius 3 is 1.51 bits per heavy atom. The molecular formula is C41H32N4+2. The average molecular weight is 581 g/mol. The topological polar surface area (TPSA) is 33.5 Å². The highest BCUT2D eigenvalue weighted by molar-refractivity contribution is 5.76. The second-order valence-corrected chi connectivity index (χ2v) is 11.5. The van der Waals surface area contributed by atoms with Gasteiger partial charge in [0.05, 0.1) is 17.8 Å². The molecule has 0 unspecified atom stereocenters. The molecule has 1 aliphatic heterocycles. The van der Waals surface area contributed by atoms with Crippen molar-refractivity contribution in [3.8, 4) is 67.3 Å². The molecule has 7 aromatic rings. The molecule has 5 heterocycles. The van der Waals surface area contributed by atoms with Crippen LogP contribution in [-0.2, 0) is 13.1 Å². The zero-order valence-electron chi connectivity index (χ0n) is 24.9. The molecule has 3 aromatic carbocycles. The Morgan fingerprint density at radius 1 is 0.378 bits per heavy atom. The van der Waals surface area contributed by atoms with Gasteiger partial charge in [-0.15, -0.1) is 0 Å². The van der Waals surface area contributed by atoms with E-state index in [0.29, 0.717) is 0 Å². The summed E-state index contributed by atoms with van der Waals surface area (Å²) in [5.41, 5.74) is 13.9. The number of aromatic nitrogens is 4. The Kier molecular flexibility index (Phi) is 7.01. The van der Waals surface area contributed by atoms with E-state index in [2.05, 4.69) is 141 Å². The largest absolute Gasteiger partial charge is 0.277 e. The summed E-state index contributed by atoms with van der Waals surface area (Å²) in [5.74, 6) is 0. The minimum Gasteiger partial charge on any atom is -0.255 e. The lowest BCUT2D eigenvalue weighted by atomic mass is 9.97. The van der Waals surface area contributed by atoms with Gasteiger partial charge in [0.2, 0.25) is 0 Å². The van der Waals surface area contributed by atoms with E-state index in [0.717, 1.165) is 42.0 Å². The number of aryl methyl sites for hydroxylation is 2. The Hall–Kier alpha value is -5.74. The summed E-state index contributed by atoms with van der Waals surface area (Å²) in [5, 5.41) is 0. The smallest absolute Gasteiger partial charge is 0.255 e. The molecule has 1 aliphatic rings. The van der Waals surface area contributed by atoms with Crippen LogP contribution in [-0.4, -0.2) is 9.97 Å². The zero-order chi connectivity index (χ0) is 30.0. The van der Waals surface area contributed by atoms with Gasteiger partial charge >= 0.3 is 0 Å². The van der Waals surface area contributed by atoms with E-state index in [1.165, 1.54) is 44.8 Å². The third-order valence-corrected chi connectivity index (χ3v) is 8.71. The third kappa shape index (κ3) is 5.43. The Labute approximate surface area is 263 Å². The normalized spacial score (nSPS) is 12.2. The molecule has 0 radical (unpaired) electrons. The first-order chi connectivity index (χ1) is 22.3. The molecule has 0 bridgehead atoms. The molecule has 214 valence electrons. The van der Waals surface area contributed by atoms with Crippen LogP contribution < -0.4 is 9.13 Å². The molecule has 0 N–H and O–H groups in total. The lowest BCUT2D eigenvalue weighted by Crippen LogP contribution is -2.37. The summed E-state index contributed by atoms with van der Waals surface area (Å²) in [6.45, 7) is 2.08. The number of pyridine rings is 4. The van der Waals surface area contributed by atoms with Crippen molar-refractivity contribution in [2.45, 2.75) is 19.5 Å². The van der Waals surface area contributed by atoms with Crippen molar-refractivity contribution in [3.05, 3.63) is 158 Å². The zero-order valence-corrected chi connectivity index (χ0v) is 24.9. The Morgan fingerprint density at radius 2 is 0.911 bits per heavy atom. The van der Waals surface area contributed by atoms with E-state index >= 15 is 0 Å². The summed E-state index contributed by atoms with van der Waals surface area (Å²) in [6.07, 6.45) is 9.21. The van der Waals surface area contributed by atoms with Crippen LogP contribution in [0.15, 0.2) is 158 Å². The van der Waals surface area contributed by atoms with Gasteiger partial charge in [0.15, 0.2) is 25.5 Å². The van der Waals surface area contributed by atoms with Crippen molar-refractivity contribution in [1.29, 1.82) is 0 Å². The fraction of sp³-hybridized carbons (Fsp3) is 0.0732. The maximum absolute atomic E-state index is 4.52. The summed E-state index contributed by atoms with van der Waals surface area (Å²) in [4.78, 5) is 8.96. The molecular weight excluding hydrogens is 548 g/mol. The molecule has 0 spiro atoms. The predicted octanol–water partition coefficient (Wildman–Crippen LogP) is 8.46.